The van der Waals surface area contributed by atoms with Crippen molar-refractivity contribution in [3.05, 3.63) is 24.1 Å². The van der Waals surface area contributed by atoms with E-state index in [1.54, 1.807) is 11.8 Å². The summed E-state index contributed by atoms with van der Waals surface area (Å²) in [6.45, 7) is 2.78. The molecule has 0 fully saturated rings. The van der Waals surface area contributed by atoms with Gasteiger partial charge in [-0.05, 0) is 36.8 Å². The summed E-state index contributed by atoms with van der Waals surface area (Å²) < 4.78 is 9.92. The maximum atomic E-state index is 10.6. The normalized spacial score (nSPS) is 12.0. The highest BCUT2D eigenvalue weighted by Gasteiger charge is 2.13. The average molecular weight is 392 g/mol. The number of aliphatic hydroxyl groups is 1. The smallest absolute Gasteiger partial charge is 0.371 e. The summed E-state index contributed by atoms with van der Waals surface area (Å²) in [5, 5.41) is 29.5. The summed E-state index contributed by atoms with van der Waals surface area (Å²) in [6.07, 6.45) is 5.43. The van der Waals surface area contributed by atoms with Gasteiger partial charge in [-0.15, -0.1) is 11.8 Å². The summed E-state index contributed by atoms with van der Waals surface area (Å²) >= 11 is 3.27. The molecule has 142 valence electrons. The molecule has 4 N–H and O–H groups in total. The van der Waals surface area contributed by atoms with Gasteiger partial charge in [0.1, 0.15) is 12.7 Å². The van der Waals surface area contributed by atoms with Gasteiger partial charge in [-0.3, -0.25) is 0 Å². The van der Waals surface area contributed by atoms with E-state index in [9.17, 15) is 14.7 Å². The molecular weight excluding hydrogens is 368 g/mol. The third-order valence-electron chi connectivity index (χ3n) is 2.60. The summed E-state index contributed by atoms with van der Waals surface area (Å²) in [4.78, 5) is 20.9. The van der Waals surface area contributed by atoms with E-state index in [0.717, 1.165) is 19.4 Å². The van der Waals surface area contributed by atoms with Gasteiger partial charge in [0.2, 0.25) is 5.76 Å². The second-order valence-electron chi connectivity index (χ2n) is 4.71. The van der Waals surface area contributed by atoms with Crippen molar-refractivity contribution in [1.82, 2.24) is 9.69 Å². The van der Waals surface area contributed by atoms with Crippen LogP contribution in [0.1, 0.15) is 19.8 Å². The molecule has 0 bridgehead atoms. The van der Waals surface area contributed by atoms with Gasteiger partial charge in [0.05, 0.1) is 10.3 Å². The van der Waals surface area contributed by atoms with Gasteiger partial charge in [-0.1, -0.05) is 13.3 Å². The number of hydrogen-bond donors (Lipinski definition) is 4. The second-order valence-corrected chi connectivity index (χ2v) is 6.65. The molecule has 0 saturated heterocycles. The highest BCUT2D eigenvalue weighted by molar-refractivity contribution is 8.00. The summed E-state index contributed by atoms with van der Waals surface area (Å²) in [5.74, 6) is -3.60. The summed E-state index contributed by atoms with van der Waals surface area (Å²) in [7, 11) is 0. The Morgan fingerprint density at radius 1 is 1.48 bits per heavy atom. The van der Waals surface area contributed by atoms with Crippen molar-refractivity contribution in [2.45, 2.75) is 30.1 Å². The molecule has 1 heterocycles. The largest absolute Gasteiger partial charge is 0.484 e. The number of carbonyl (C=O) groups is 2. The first-order valence-corrected chi connectivity index (χ1v) is 9.54. The van der Waals surface area contributed by atoms with Gasteiger partial charge in [0.15, 0.2) is 0 Å². The van der Waals surface area contributed by atoms with Crippen molar-refractivity contribution in [2.24, 2.45) is 0 Å². The van der Waals surface area contributed by atoms with Crippen LogP contribution in [-0.4, -0.2) is 63.7 Å². The van der Waals surface area contributed by atoms with Crippen LogP contribution in [0.3, 0.4) is 0 Å². The van der Waals surface area contributed by atoms with Crippen LogP contribution in [0.2, 0.25) is 0 Å². The number of aliphatic carboxylic acids is 2. The Morgan fingerprint density at radius 3 is 2.64 bits per heavy atom. The lowest BCUT2D eigenvalue weighted by atomic mass is 10.3. The number of unbranched alkanes of at least 4 members (excludes halogenated alkanes) is 1. The van der Waals surface area contributed by atoms with E-state index < -0.39 is 23.8 Å². The van der Waals surface area contributed by atoms with E-state index in [1.807, 2.05) is 25.4 Å². The molecule has 0 aliphatic heterocycles. The molecule has 1 unspecified atom stereocenters. The van der Waals surface area contributed by atoms with Crippen molar-refractivity contribution >= 4 is 35.2 Å². The molecular formula is C15H24N2O6S2. The predicted octanol–water partition coefficient (Wildman–Crippen LogP) is 1.67. The Bertz CT molecular complexity index is 522. The van der Waals surface area contributed by atoms with Gasteiger partial charge in [-0.2, -0.15) is 0 Å². The molecule has 1 aromatic heterocycles. The first kappa shape index (κ1) is 23.4. The van der Waals surface area contributed by atoms with Crippen molar-refractivity contribution in [3.63, 3.8) is 0 Å². The number of hydrogen-bond acceptors (Lipinski definition) is 8. The molecule has 1 rings (SSSR count). The van der Waals surface area contributed by atoms with Crippen molar-refractivity contribution in [3.8, 4) is 0 Å². The van der Waals surface area contributed by atoms with E-state index in [0.29, 0.717) is 6.08 Å². The highest BCUT2D eigenvalue weighted by atomic mass is 32.2. The van der Waals surface area contributed by atoms with E-state index in [4.69, 9.17) is 14.9 Å². The SMILES string of the molecule is CCCCNCC(O)CO/C(=C/C(=O)O)C(=O)O.CSc1ccns1. The van der Waals surface area contributed by atoms with Crippen LogP contribution >= 0.6 is 23.3 Å². The van der Waals surface area contributed by atoms with Crippen LogP contribution in [-0.2, 0) is 14.3 Å². The van der Waals surface area contributed by atoms with Crippen LogP contribution in [0.25, 0.3) is 0 Å². The average Bonchev–Trinajstić information content (AvgIpc) is 3.09. The first-order valence-electron chi connectivity index (χ1n) is 7.54. The monoisotopic (exact) mass is 392 g/mol. The Kier molecular flexibility index (Phi) is 13.7. The van der Waals surface area contributed by atoms with E-state index in [-0.39, 0.29) is 13.2 Å². The lowest BCUT2D eigenvalue weighted by Gasteiger charge is -2.13. The molecule has 8 nitrogen and oxygen atoms in total. The Morgan fingerprint density at radius 2 is 2.20 bits per heavy atom. The minimum Gasteiger partial charge on any atom is -0.484 e. The van der Waals surface area contributed by atoms with Crippen molar-refractivity contribution < 1.29 is 29.6 Å². The number of rotatable bonds is 11. The van der Waals surface area contributed by atoms with Gasteiger partial charge in [0, 0.05) is 12.7 Å². The van der Waals surface area contributed by atoms with Crippen LogP contribution < -0.4 is 5.32 Å². The van der Waals surface area contributed by atoms with Gasteiger partial charge >= 0.3 is 11.9 Å². The zero-order chi connectivity index (χ0) is 19.1. The topological polar surface area (TPSA) is 129 Å². The molecule has 0 aliphatic carbocycles. The number of thioether (sulfide) groups is 1. The molecule has 10 heteroatoms. The molecule has 0 spiro atoms. The maximum absolute atomic E-state index is 10.6. The molecule has 0 saturated carbocycles. The van der Waals surface area contributed by atoms with Crippen LogP contribution in [0.4, 0.5) is 0 Å². The van der Waals surface area contributed by atoms with Crippen LogP contribution in [0, 0.1) is 0 Å². The highest BCUT2D eigenvalue weighted by Crippen LogP contribution is 2.16. The first-order chi connectivity index (χ1) is 11.9. The number of nitrogens with zero attached hydrogens (tertiary/aromatic N) is 1. The van der Waals surface area contributed by atoms with E-state index in [1.165, 1.54) is 15.7 Å². The molecule has 0 aliphatic rings. The minimum atomic E-state index is -1.48. The summed E-state index contributed by atoms with van der Waals surface area (Å²) in [6, 6.07) is 2.01. The second kappa shape index (κ2) is 14.7. The fourth-order valence-corrected chi connectivity index (χ4v) is 2.37. The van der Waals surface area contributed by atoms with Crippen LogP contribution in [0.5, 0.6) is 0 Å². The quantitative estimate of drug-likeness (QED) is 0.192. The predicted molar refractivity (Wildman–Crippen MR) is 97.0 cm³/mol. The van der Waals surface area contributed by atoms with Gasteiger partial charge < -0.3 is 25.4 Å². The Labute approximate surface area is 155 Å². The third-order valence-corrected chi connectivity index (χ3v) is 4.40. The summed E-state index contributed by atoms with van der Waals surface area (Å²) in [5.41, 5.74) is 0. The fourth-order valence-electron chi connectivity index (χ4n) is 1.40. The zero-order valence-corrected chi connectivity index (χ0v) is 15.8. The minimum absolute atomic E-state index is 0.264. The number of ether oxygens (including phenoxy) is 1. The number of carboxylic acid groups (broad SMARTS) is 2. The Balaban J connectivity index is 0.000000676. The third kappa shape index (κ3) is 13.4. The zero-order valence-electron chi connectivity index (χ0n) is 14.2. The van der Waals surface area contributed by atoms with Gasteiger partial charge in [-0.25, -0.2) is 14.0 Å². The van der Waals surface area contributed by atoms with Crippen molar-refractivity contribution in [2.75, 3.05) is 26.0 Å². The number of carboxylic acids is 2. The van der Waals surface area contributed by atoms with E-state index in [2.05, 4.69) is 9.69 Å². The number of nitrogens with one attached hydrogen (secondary N) is 1. The molecule has 0 radical (unpaired) electrons. The lowest BCUT2D eigenvalue weighted by Crippen LogP contribution is -2.31. The van der Waals surface area contributed by atoms with E-state index >= 15 is 0 Å². The molecule has 1 atom stereocenters. The molecule has 0 amide bonds. The Hall–Kier alpha value is -1.62. The molecule has 0 aromatic carbocycles. The maximum Gasteiger partial charge on any atom is 0.371 e. The number of aliphatic hydroxyl groups excluding tert-OH is 1. The molecule has 1 aromatic rings. The number of aromatic nitrogens is 1. The standard InChI is InChI=1S/C11H19NO6.C4H5NS2/c1-2-3-4-12-6-8(13)7-18-9(11(16)17)5-10(14)15;1-6-4-2-3-5-7-4/h5,8,12-13H,2-4,6-7H2,1H3,(H,14,15)(H,16,17);2-3H,1H3/b9-5+;. The van der Waals surface area contributed by atoms with Crippen molar-refractivity contribution in [1.29, 1.82) is 0 Å². The van der Waals surface area contributed by atoms with Gasteiger partial charge in [0.25, 0.3) is 0 Å². The fraction of sp³-hybridized carbons (Fsp3) is 0.533. The molecule has 25 heavy (non-hydrogen) atoms. The lowest BCUT2D eigenvalue weighted by molar-refractivity contribution is -0.139. The van der Waals surface area contributed by atoms with Crippen LogP contribution in [0.15, 0.2) is 28.3 Å².